The van der Waals surface area contributed by atoms with Gasteiger partial charge < -0.3 is 4.42 Å². The van der Waals surface area contributed by atoms with E-state index >= 15 is 0 Å². The summed E-state index contributed by atoms with van der Waals surface area (Å²) >= 11 is 1.45. The van der Waals surface area contributed by atoms with E-state index in [9.17, 15) is 13.2 Å². The number of anilines is 1. The van der Waals surface area contributed by atoms with Gasteiger partial charge in [-0.3, -0.25) is 9.69 Å². The summed E-state index contributed by atoms with van der Waals surface area (Å²) in [5, 5.41) is 0.563. The van der Waals surface area contributed by atoms with Gasteiger partial charge in [-0.05, 0) is 73.9 Å². The van der Waals surface area contributed by atoms with Crippen molar-refractivity contribution in [2.45, 2.75) is 52.0 Å². The Bertz CT molecular complexity index is 1440. The van der Waals surface area contributed by atoms with E-state index in [0.29, 0.717) is 29.5 Å². The van der Waals surface area contributed by atoms with Crippen LogP contribution in [-0.4, -0.2) is 36.7 Å². The van der Waals surface area contributed by atoms with Crippen LogP contribution < -0.4 is 4.90 Å². The molecule has 0 aliphatic carbocycles. The summed E-state index contributed by atoms with van der Waals surface area (Å²) in [7, 11) is -3.62. The number of aromatic nitrogens is 1. The SMILES string of the molecule is CCCCN(CC)S(=O)(=O)c1ccc(C(=O)N(Cc2ccco2)c2nc3c(C)cc(C)cc3s2)cc1. The fraction of sp³-hybridized carbons (Fsp3) is 0.333. The second-order valence-corrected chi connectivity index (χ2v) is 11.7. The third-order valence-electron chi connectivity index (χ3n) is 6.04. The van der Waals surface area contributed by atoms with E-state index in [-0.39, 0.29) is 17.3 Å². The van der Waals surface area contributed by atoms with E-state index in [1.807, 2.05) is 33.8 Å². The predicted octanol–water partition coefficient (Wildman–Crippen LogP) is 6.16. The van der Waals surface area contributed by atoms with Gasteiger partial charge in [-0.25, -0.2) is 13.4 Å². The van der Waals surface area contributed by atoms with Crippen molar-refractivity contribution in [2.24, 2.45) is 0 Å². The maximum Gasteiger partial charge on any atom is 0.260 e. The summed E-state index contributed by atoms with van der Waals surface area (Å²) in [6.45, 7) is 9.00. The number of hydrogen-bond acceptors (Lipinski definition) is 6. The van der Waals surface area contributed by atoms with E-state index in [4.69, 9.17) is 9.40 Å². The zero-order valence-corrected chi connectivity index (χ0v) is 22.7. The number of benzene rings is 2. The molecule has 4 rings (SSSR count). The summed E-state index contributed by atoms with van der Waals surface area (Å²) in [6, 6.07) is 13.9. The Morgan fingerprint density at radius 3 is 2.47 bits per heavy atom. The molecule has 2 aromatic heterocycles. The fourth-order valence-corrected chi connectivity index (χ4v) is 6.74. The van der Waals surface area contributed by atoms with Crippen LogP contribution in [-0.2, 0) is 16.6 Å². The van der Waals surface area contributed by atoms with Gasteiger partial charge >= 0.3 is 0 Å². The van der Waals surface area contributed by atoms with Crippen LogP contribution >= 0.6 is 11.3 Å². The average molecular weight is 526 g/mol. The molecule has 36 heavy (non-hydrogen) atoms. The molecule has 2 heterocycles. The first kappa shape index (κ1) is 26.1. The second-order valence-electron chi connectivity index (χ2n) is 8.77. The molecule has 0 radical (unpaired) electrons. The van der Waals surface area contributed by atoms with Crippen molar-refractivity contribution in [2.75, 3.05) is 18.0 Å². The largest absolute Gasteiger partial charge is 0.467 e. The van der Waals surface area contributed by atoms with Crippen LogP contribution in [0.3, 0.4) is 0 Å². The normalized spacial score (nSPS) is 11.9. The highest BCUT2D eigenvalue weighted by Gasteiger charge is 2.26. The molecule has 0 spiro atoms. The van der Waals surface area contributed by atoms with Crippen molar-refractivity contribution in [3.63, 3.8) is 0 Å². The number of rotatable bonds is 10. The molecule has 0 saturated heterocycles. The number of nitrogens with zero attached hydrogens (tertiary/aromatic N) is 3. The lowest BCUT2D eigenvalue weighted by Crippen LogP contribution is -2.32. The van der Waals surface area contributed by atoms with Gasteiger partial charge in [0, 0.05) is 18.7 Å². The summed E-state index contributed by atoms with van der Waals surface area (Å²) in [4.78, 5) is 20.2. The highest BCUT2D eigenvalue weighted by molar-refractivity contribution is 7.89. The van der Waals surface area contributed by atoms with Crippen LogP contribution in [0.2, 0.25) is 0 Å². The fourth-order valence-electron chi connectivity index (χ4n) is 4.12. The molecule has 0 N–H and O–H groups in total. The lowest BCUT2D eigenvalue weighted by molar-refractivity contribution is 0.0983. The second kappa shape index (κ2) is 10.9. The van der Waals surface area contributed by atoms with Crippen molar-refractivity contribution in [3.8, 4) is 0 Å². The molecule has 7 nitrogen and oxygen atoms in total. The standard InChI is InChI=1S/C27H31N3O4S2/c1-5-7-14-29(6-2)36(32,33)23-12-10-21(11-13-23)26(31)30(18-22-9-8-15-34-22)27-28-25-20(4)16-19(3)17-24(25)35-27/h8-13,15-17H,5-7,14,18H2,1-4H3. The molecular formula is C27H31N3O4S2. The number of thiazole rings is 1. The summed E-state index contributed by atoms with van der Waals surface area (Å²) in [5.74, 6) is 0.353. The topological polar surface area (TPSA) is 83.7 Å². The number of amides is 1. The first-order chi connectivity index (χ1) is 17.2. The van der Waals surface area contributed by atoms with Gasteiger partial charge in [0.25, 0.3) is 5.91 Å². The maximum absolute atomic E-state index is 13.7. The van der Waals surface area contributed by atoms with Gasteiger partial charge in [0.15, 0.2) is 5.13 Å². The summed E-state index contributed by atoms with van der Waals surface area (Å²) in [6.07, 6.45) is 3.28. The molecule has 2 aromatic carbocycles. The third kappa shape index (κ3) is 5.38. The molecule has 4 aromatic rings. The first-order valence-electron chi connectivity index (χ1n) is 12.1. The number of furan rings is 1. The Morgan fingerprint density at radius 1 is 1.08 bits per heavy atom. The molecule has 0 atom stereocenters. The Hall–Kier alpha value is -3.01. The van der Waals surface area contributed by atoms with E-state index in [1.54, 1.807) is 29.4 Å². The van der Waals surface area contributed by atoms with Gasteiger partial charge in [0.05, 0.1) is 27.9 Å². The number of carbonyl (C=O) groups is 1. The van der Waals surface area contributed by atoms with Crippen molar-refractivity contribution in [1.29, 1.82) is 0 Å². The van der Waals surface area contributed by atoms with E-state index in [1.165, 1.54) is 27.8 Å². The highest BCUT2D eigenvalue weighted by Crippen LogP contribution is 2.33. The quantitative estimate of drug-likeness (QED) is 0.247. The minimum absolute atomic E-state index is 0.181. The Balaban J connectivity index is 1.67. The molecule has 0 fully saturated rings. The number of aryl methyl sites for hydroxylation is 2. The van der Waals surface area contributed by atoms with E-state index < -0.39 is 10.0 Å². The minimum Gasteiger partial charge on any atom is -0.467 e. The number of hydrogen-bond donors (Lipinski definition) is 0. The van der Waals surface area contributed by atoms with Crippen LogP contribution in [0, 0.1) is 13.8 Å². The van der Waals surface area contributed by atoms with Gasteiger partial charge in [-0.15, -0.1) is 0 Å². The van der Waals surface area contributed by atoms with E-state index in [0.717, 1.165) is 34.2 Å². The van der Waals surface area contributed by atoms with Gasteiger partial charge in [0.1, 0.15) is 5.76 Å². The van der Waals surface area contributed by atoms with Crippen molar-refractivity contribution >= 4 is 42.6 Å². The Morgan fingerprint density at radius 2 is 1.83 bits per heavy atom. The average Bonchev–Trinajstić information content (AvgIpc) is 3.52. The van der Waals surface area contributed by atoms with Gasteiger partial charge in [0.2, 0.25) is 10.0 Å². The van der Waals surface area contributed by atoms with Crippen LogP contribution in [0.25, 0.3) is 10.2 Å². The first-order valence-corrected chi connectivity index (χ1v) is 14.3. The van der Waals surface area contributed by atoms with Crippen molar-refractivity contribution in [1.82, 2.24) is 9.29 Å². The van der Waals surface area contributed by atoms with Crippen LogP contribution in [0.4, 0.5) is 5.13 Å². The molecule has 0 unspecified atom stereocenters. The lowest BCUT2D eigenvalue weighted by Gasteiger charge is -2.21. The Kier molecular flexibility index (Phi) is 7.92. The molecule has 190 valence electrons. The number of sulfonamides is 1. The van der Waals surface area contributed by atoms with E-state index in [2.05, 4.69) is 12.1 Å². The predicted molar refractivity (Wildman–Crippen MR) is 144 cm³/mol. The molecular weight excluding hydrogens is 494 g/mol. The monoisotopic (exact) mass is 525 g/mol. The van der Waals surface area contributed by atoms with Crippen molar-refractivity contribution < 1.29 is 17.6 Å². The number of fused-ring (bicyclic) bond motifs is 1. The zero-order chi connectivity index (χ0) is 25.9. The van der Waals surface area contributed by atoms with Crippen molar-refractivity contribution in [3.05, 3.63) is 77.2 Å². The Labute approximate surface area is 216 Å². The molecule has 9 heteroatoms. The smallest absolute Gasteiger partial charge is 0.260 e. The summed E-state index contributed by atoms with van der Waals surface area (Å²) < 4.78 is 34.2. The highest BCUT2D eigenvalue weighted by atomic mass is 32.2. The molecule has 0 bridgehead atoms. The minimum atomic E-state index is -3.62. The molecule has 0 saturated carbocycles. The van der Waals surface area contributed by atoms with Gasteiger partial charge in [-0.2, -0.15) is 4.31 Å². The number of unbranched alkanes of at least 4 members (excludes halogenated alkanes) is 1. The third-order valence-corrected chi connectivity index (χ3v) is 9.06. The molecule has 0 aliphatic rings. The maximum atomic E-state index is 13.7. The van der Waals surface area contributed by atoms with Crippen LogP contribution in [0.5, 0.6) is 0 Å². The number of carbonyl (C=O) groups excluding carboxylic acids is 1. The van der Waals surface area contributed by atoms with Gasteiger partial charge in [-0.1, -0.05) is 37.7 Å². The molecule has 1 amide bonds. The van der Waals surface area contributed by atoms with Crippen LogP contribution in [0.1, 0.15) is 53.9 Å². The molecule has 0 aliphatic heterocycles. The van der Waals surface area contributed by atoms with Crippen LogP contribution in [0.15, 0.2) is 64.1 Å². The lowest BCUT2D eigenvalue weighted by atomic mass is 10.1. The zero-order valence-electron chi connectivity index (χ0n) is 21.0. The summed E-state index contributed by atoms with van der Waals surface area (Å²) in [5.41, 5.74) is 3.43.